The van der Waals surface area contributed by atoms with E-state index in [2.05, 4.69) is 0 Å². The Bertz CT molecular complexity index is 1210. The van der Waals surface area contributed by atoms with Crippen molar-refractivity contribution >= 4 is 10.8 Å². The molecule has 0 atom stereocenters. The van der Waals surface area contributed by atoms with E-state index in [-0.39, 0.29) is 24.2 Å². The molecular formula is C26H20F4O. The Morgan fingerprint density at radius 3 is 2.03 bits per heavy atom. The molecule has 0 heterocycles. The van der Waals surface area contributed by atoms with Gasteiger partial charge in [0.1, 0.15) is 11.6 Å². The van der Waals surface area contributed by atoms with Crippen molar-refractivity contribution in [1.82, 2.24) is 0 Å². The molecule has 0 aromatic heterocycles. The lowest BCUT2D eigenvalue weighted by Gasteiger charge is -2.10. The van der Waals surface area contributed by atoms with Crippen LogP contribution in [-0.4, -0.2) is 6.61 Å². The molecule has 1 nitrogen and oxygen atoms in total. The summed E-state index contributed by atoms with van der Waals surface area (Å²) in [6, 6.07) is 18.6. The van der Waals surface area contributed by atoms with Crippen LogP contribution in [0, 0.1) is 23.3 Å². The van der Waals surface area contributed by atoms with Crippen LogP contribution in [0.1, 0.15) is 18.1 Å². The lowest BCUT2D eigenvalue weighted by Crippen LogP contribution is -1.99. The van der Waals surface area contributed by atoms with Gasteiger partial charge >= 0.3 is 0 Å². The van der Waals surface area contributed by atoms with E-state index in [1.54, 1.807) is 12.1 Å². The summed E-state index contributed by atoms with van der Waals surface area (Å²) in [4.78, 5) is 0. The molecule has 31 heavy (non-hydrogen) atoms. The monoisotopic (exact) mass is 424 g/mol. The highest BCUT2D eigenvalue weighted by Gasteiger charge is 2.13. The van der Waals surface area contributed by atoms with Gasteiger partial charge in [0, 0.05) is 5.39 Å². The Hall–Kier alpha value is -3.34. The molecule has 0 spiro atoms. The van der Waals surface area contributed by atoms with Gasteiger partial charge in [-0.25, -0.2) is 17.6 Å². The molecule has 0 bridgehead atoms. The SMILES string of the molecule is CCOc1ccc(-c2ccc3c(F)c(CCc4cc(F)c(F)c(F)c4)ccc3c2)cc1. The van der Waals surface area contributed by atoms with Gasteiger partial charge in [-0.1, -0.05) is 36.4 Å². The van der Waals surface area contributed by atoms with Crippen LogP contribution in [0.5, 0.6) is 5.75 Å². The lowest BCUT2D eigenvalue weighted by molar-refractivity contribution is 0.340. The maximum atomic E-state index is 15.0. The maximum absolute atomic E-state index is 15.0. The molecule has 0 aliphatic heterocycles. The molecule has 4 rings (SSSR count). The van der Waals surface area contributed by atoms with E-state index in [0.717, 1.165) is 34.4 Å². The number of hydrogen-bond donors (Lipinski definition) is 0. The minimum absolute atomic E-state index is 0.195. The molecule has 0 aliphatic rings. The standard InChI is InChI=1S/C26H20F4O/c1-2-31-21-10-7-17(8-11-21)19-9-12-22-20(15-19)6-5-18(25(22)29)4-3-16-13-23(27)26(30)24(28)14-16/h5-15H,2-4H2,1H3. The van der Waals surface area contributed by atoms with E-state index in [1.165, 1.54) is 0 Å². The zero-order valence-corrected chi connectivity index (χ0v) is 16.9. The second-order valence-electron chi connectivity index (χ2n) is 7.31. The highest BCUT2D eigenvalue weighted by Crippen LogP contribution is 2.29. The van der Waals surface area contributed by atoms with Crippen molar-refractivity contribution in [3.63, 3.8) is 0 Å². The van der Waals surface area contributed by atoms with Crippen LogP contribution in [-0.2, 0) is 12.8 Å². The Morgan fingerprint density at radius 1 is 0.677 bits per heavy atom. The Morgan fingerprint density at radius 2 is 1.35 bits per heavy atom. The Kier molecular flexibility index (Phi) is 5.94. The van der Waals surface area contributed by atoms with Crippen LogP contribution >= 0.6 is 0 Å². The van der Waals surface area contributed by atoms with Crippen LogP contribution in [0.4, 0.5) is 17.6 Å². The van der Waals surface area contributed by atoms with E-state index in [0.29, 0.717) is 17.6 Å². The quantitative estimate of drug-likeness (QED) is 0.234. The van der Waals surface area contributed by atoms with E-state index in [1.807, 2.05) is 49.4 Å². The molecule has 0 saturated carbocycles. The fourth-order valence-electron chi connectivity index (χ4n) is 3.65. The third kappa shape index (κ3) is 4.41. The third-order valence-corrected chi connectivity index (χ3v) is 5.26. The lowest BCUT2D eigenvalue weighted by atomic mass is 9.97. The van der Waals surface area contributed by atoms with Crippen LogP contribution in [0.15, 0.2) is 66.7 Å². The van der Waals surface area contributed by atoms with E-state index in [4.69, 9.17) is 4.74 Å². The fraction of sp³-hybridized carbons (Fsp3) is 0.154. The van der Waals surface area contributed by atoms with Crippen molar-refractivity contribution in [2.24, 2.45) is 0 Å². The van der Waals surface area contributed by atoms with Crippen LogP contribution in [0.2, 0.25) is 0 Å². The van der Waals surface area contributed by atoms with Gasteiger partial charge in [-0.05, 0) is 77.7 Å². The maximum Gasteiger partial charge on any atom is 0.194 e. The van der Waals surface area contributed by atoms with Crippen molar-refractivity contribution in [2.45, 2.75) is 19.8 Å². The summed E-state index contributed by atoms with van der Waals surface area (Å²) in [6.45, 7) is 2.53. The van der Waals surface area contributed by atoms with Crippen molar-refractivity contribution in [3.05, 3.63) is 101 Å². The molecular weight excluding hydrogens is 404 g/mol. The zero-order valence-electron chi connectivity index (χ0n) is 16.9. The zero-order chi connectivity index (χ0) is 22.0. The molecule has 158 valence electrons. The minimum atomic E-state index is -1.50. The second kappa shape index (κ2) is 8.80. The first-order chi connectivity index (χ1) is 15.0. The number of halogens is 4. The summed E-state index contributed by atoms with van der Waals surface area (Å²) < 4.78 is 60.4. The van der Waals surface area contributed by atoms with Crippen LogP contribution in [0.25, 0.3) is 21.9 Å². The number of rotatable bonds is 6. The first-order valence-corrected chi connectivity index (χ1v) is 10.0. The summed E-state index contributed by atoms with van der Waals surface area (Å²) >= 11 is 0. The molecule has 0 amide bonds. The summed E-state index contributed by atoms with van der Waals surface area (Å²) in [5.41, 5.74) is 2.67. The summed E-state index contributed by atoms with van der Waals surface area (Å²) in [5, 5.41) is 1.23. The van der Waals surface area contributed by atoms with Gasteiger partial charge in [-0.15, -0.1) is 0 Å². The normalized spacial score (nSPS) is 11.1. The second-order valence-corrected chi connectivity index (χ2v) is 7.31. The number of benzene rings is 4. The average molecular weight is 424 g/mol. The first kappa shape index (κ1) is 20.9. The highest BCUT2D eigenvalue weighted by molar-refractivity contribution is 5.88. The molecule has 5 heteroatoms. The van der Waals surface area contributed by atoms with Gasteiger partial charge in [0.2, 0.25) is 0 Å². The van der Waals surface area contributed by atoms with Gasteiger partial charge in [0.25, 0.3) is 0 Å². The number of hydrogen-bond acceptors (Lipinski definition) is 1. The van der Waals surface area contributed by atoms with Crippen molar-refractivity contribution in [1.29, 1.82) is 0 Å². The van der Waals surface area contributed by atoms with Gasteiger partial charge < -0.3 is 4.74 Å². The first-order valence-electron chi connectivity index (χ1n) is 10.0. The highest BCUT2D eigenvalue weighted by atomic mass is 19.2. The Balaban J connectivity index is 1.57. The predicted octanol–water partition coefficient (Wildman–Crippen LogP) is 7.25. The van der Waals surface area contributed by atoms with Crippen LogP contribution in [0.3, 0.4) is 0 Å². The summed E-state index contributed by atoms with van der Waals surface area (Å²) in [7, 11) is 0. The van der Waals surface area contributed by atoms with Crippen LogP contribution < -0.4 is 4.74 Å². The summed E-state index contributed by atoms with van der Waals surface area (Å²) in [5.74, 6) is -3.54. The van der Waals surface area contributed by atoms with Gasteiger partial charge in [0.15, 0.2) is 17.5 Å². The van der Waals surface area contributed by atoms with E-state index >= 15 is 4.39 Å². The van der Waals surface area contributed by atoms with Crippen molar-refractivity contribution < 1.29 is 22.3 Å². The Labute approximate surface area is 177 Å². The molecule has 0 unspecified atom stereocenters. The molecule has 0 N–H and O–H groups in total. The largest absolute Gasteiger partial charge is 0.494 e. The molecule has 0 fully saturated rings. The van der Waals surface area contributed by atoms with Gasteiger partial charge in [-0.3, -0.25) is 0 Å². The number of ether oxygens (including phenoxy) is 1. The topological polar surface area (TPSA) is 9.23 Å². The molecule has 0 radical (unpaired) electrons. The average Bonchev–Trinajstić information content (AvgIpc) is 2.77. The molecule has 4 aromatic carbocycles. The van der Waals surface area contributed by atoms with Crippen molar-refractivity contribution in [2.75, 3.05) is 6.61 Å². The molecule has 0 saturated heterocycles. The number of fused-ring (bicyclic) bond motifs is 1. The smallest absolute Gasteiger partial charge is 0.194 e. The van der Waals surface area contributed by atoms with E-state index in [9.17, 15) is 13.2 Å². The fourth-order valence-corrected chi connectivity index (χ4v) is 3.65. The predicted molar refractivity (Wildman–Crippen MR) is 114 cm³/mol. The molecule has 0 aliphatic carbocycles. The summed E-state index contributed by atoms with van der Waals surface area (Å²) in [6.07, 6.45) is 0.438. The number of aryl methyl sites for hydroxylation is 2. The van der Waals surface area contributed by atoms with E-state index < -0.39 is 17.5 Å². The third-order valence-electron chi connectivity index (χ3n) is 5.26. The van der Waals surface area contributed by atoms with Crippen molar-refractivity contribution in [3.8, 4) is 16.9 Å². The van der Waals surface area contributed by atoms with Gasteiger partial charge in [-0.2, -0.15) is 0 Å². The molecule has 4 aromatic rings. The minimum Gasteiger partial charge on any atom is -0.494 e. The van der Waals surface area contributed by atoms with Gasteiger partial charge in [0.05, 0.1) is 6.61 Å².